The zero-order valence-electron chi connectivity index (χ0n) is 11.1. The van der Waals surface area contributed by atoms with Gasteiger partial charge in [0.2, 0.25) is 5.91 Å². The number of hydrogen-bond donors (Lipinski definition) is 1. The van der Waals surface area contributed by atoms with Gasteiger partial charge in [-0.2, -0.15) is 14.9 Å². The van der Waals surface area contributed by atoms with Crippen LogP contribution in [0.1, 0.15) is 17.7 Å². The van der Waals surface area contributed by atoms with Crippen LogP contribution in [0, 0.1) is 24.2 Å². The fourth-order valence-corrected chi connectivity index (χ4v) is 2.52. The molecule has 102 valence electrons. The fraction of sp³-hybridized carbons (Fsp3) is 0.385. The van der Waals surface area contributed by atoms with Gasteiger partial charge >= 0.3 is 0 Å². The lowest BCUT2D eigenvalue weighted by Crippen LogP contribution is -2.29. The summed E-state index contributed by atoms with van der Waals surface area (Å²) >= 11 is 0. The van der Waals surface area contributed by atoms with E-state index < -0.39 is 0 Å². The molecule has 1 saturated heterocycles. The highest BCUT2D eigenvalue weighted by molar-refractivity contribution is 5.96. The molecule has 1 atom stereocenters. The highest BCUT2D eigenvalue weighted by Gasteiger charge is 2.33. The Bertz CT molecular complexity index is 728. The molecular weight excluding hydrogens is 256 g/mol. The van der Waals surface area contributed by atoms with Crippen molar-refractivity contribution in [1.82, 2.24) is 14.6 Å². The van der Waals surface area contributed by atoms with E-state index in [2.05, 4.69) is 16.2 Å². The lowest BCUT2D eigenvalue weighted by molar-refractivity contribution is -0.117. The van der Waals surface area contributed by atoms with Gasteiger partial charge in [0, 0.05) is 19.0 Å². The van der Waals surface area contributed by atoms with Crippen LogP contribution in [-0.2, 0) is 4.79 Å². The molecule has 0 aromatic carbocycles. The first-order valence-corrected chi connectivity index (χ1v) is 6.40. The number of nitrogens with zero attached hydrogens (tertiary/aromatic N) is 5. The predicted molar refractivity (Wildman–Crippen MR) is 72.0 cm³/mol. The summed E-state index contributed by atoms with van der Waals surface area (Å²) in [6.07, 6.45) is 1.89. The van der Waals surface area contributed by atoms with Crippen LogP contribution < -0.4 is 10.6 Å². The van der Waals surface area contributed by atoms with Crippen LogP contribution in [0.3, 0.4) is 0 Å². The molecule has 2 N–H and O–H groups in total. The molecule has 0 aliphatic carbocycles. The molecule has 7 heteroatoms. The monoisotopic (exact) mass is 270 g/mol. The molecule has 2 aromatic heterocycles. The summed E-state index contributed by atoms with van der Waals surface area (Å²) < 4.78 is 1.56. The smallest absolute Gasteiger partial charge is 0.228 e. The summed E-state index contributed by atoms with van der Waals surface area (Å²) in [6.45, 7) is 2.82. The zero-order chi connectivity index (χ0) is 14.3. The Kier molecular flexibility index (Phi) is 2.88. The first-order chi connectivity index (χ1) is 9.63. The van der Waals surface area contributed by atoms with Gasteiger partial charge in [0.15, 0.2) is 11.5 Å². The normalized spacial score (nSPS) is 18.8. The van der Waals surface area contributed by atoms with Gasteiger partial charge in [0.1, 0.15) is 11.6 Å². The molecule has 0 bridgehead atoms. The van der Waals surface area contributed by atoms with Gasteiger partial charge in [-0.3, -0.25) is 9.69 Å². The maximum Gasteiger partial charge on any atom is 0.228 e. The third kappa shape index (κ3) is 1.82. The van der Waals surface area contributed by atoms with E-state index in [1.54, 1.807) is 9.42 Å². The highest BCUT2D eigenvalue weighted by Crippen LogP contribution is 2.27. The minimum absolute atomic E-state index is 0.0300. The predicted octanol–water partition coefficient (Wildman–Crippen LogP) is 0.221. The Labute approximate surface area is 115 Å². The van der Waals surface area contributed by atoms with E-state index >= 15 is 0 Å². The van der Waals surface area contributed by atoms with Crippen LogP contribution in [0.4, 0.5) is 5.82 Å². The summed E-state index contributed by atoms with van der Waals surface area (Å²) in [5, 5.41) is 13.6. The number of carbonyl (C=O) groups is 1. The van der Waals surface area contributed by atoms with Crippen molar-refractivity contribution in [2.45, 2.75) is 13.3 Å². The Morgan fingerprint density at radius 1 is 1.60 bits per heavy atom. The van der Waals surface area contributed by atoms with E-state index in [-0.39, 0.29) is 11.8 Å². The van der Waals surface area contributed by atoms with Crippen molar-refractivity contribution in [3.8, 4) is 6.07 Å². The van der Waals surface area contributed by atoms with Gasteiger partial charge in [-0.05, 0) is 19.4 Å². The van der Waals surface area contributed by atoms with Crippen LogP contribution in [0.25, 0.3) is 5.65 Å². The summed E-state index contributed by atoms with van der Waals surface area (Å²) in [6, 6.07) is 3.89. The number of nitrogens with two attached hydrogens (primary N) is 1. The molecule has 3 heterocycles. The van der Waals surface area contributed by atoms with E-state index in [0.717, 1.165) is 5.69 Å². The molecule has 0 radical (unpaired) electrons. The maximum atomic E-state index is 12.2. The number of nitriles is 1. The SMILES string of the molecule is Cc1cc2ncc(C#N)c(N3CC(CN)CC3=O)n2n1. The second-order valence-electron chi connectivity index (χ2n) is 4.97. The lowest BCUT2D eigenvalue weighted by Gasteiger charge is -2.18. The second-order valence-corrected chi connectivity index (χ2v) is 4.97. The van der Waals surface area contributed by atoms with Crippen molar-refractivity contribution < 1.29 is 4.79 Å². The summed E-state index contributed by atoms with van der Waals surface area (Å²) in [5.74, 6) is 0.582. The largest absolute Gasteiger partial charge is 0.330 e. The molecule has 7 nitrogen and oxygen atoms in total. The van der Waals surface area contributed by atoms with E-state index in [4.69, 9.17) is 5.73 Å². The minimum Gasteiger partial charge on any atom is -0.330 e. The minimum atomic E-state index is -0.0300. The second kappa shape index (κ2) is 4.58. The van der Waals surface area contributed by atoms with Crippen molar-refractivity contribution in [2.24, 2.45) is 11.7 Å². The average molecular weight is 270 g/mol. The van der Waals surface area contributed by atoms with Crippen LogP contribution in [0.5, 0.6) is 0 Å². The van der Waals surface area contributed by atoms with E-state index in [9.17, 15) is 10.1 Å². The molecule has 3 rings (SSSR count). The molecule has 2 aromatic rings. The molecule has 1 aliphatic rings. The number of amides is 1. The number of carbonyl (C=O) groups excluding carboxylic acids is 1. The Hall–Kier alpha value is -2.46. The molecule has 0 spiro atoms. The molecule has 1 amide bonds. The van der Waals surface area contributed by atoms with Gasteiger partial charge < -0.3 is 5.73 Å². The van der Waals surface area contributed by atoms with E-state index in [0.29, 0.717) is 36.5 Å². The first kappa shape index (κ1) is 12.6. The van der Waals surface area contributed by atoms with Crippen molar-refractivity contribution in [1.29, 1.82) is 5.26 Å². The van der Waals surface area contributed by atoms with Crippen LogP contribution in [-0.4, -0.2) is 33.6 Å². The van der Waals surface area contributed by atoms with Crippen molar-refractivity contribution in [3.05, 3.63) is 23.5 Å². The first-order valence-electron chi connectivity index (χ1n) is 6.40. The Morgan fingerprint density at radius 3 is 3.05 bits per heavy atom. The van der Waals surface area contributed by atoms with Crippen molar-refractivity contribution in [3.63, 3.8) is 0 Å². The Balaban J connectivity index is 2.19. The van der Waals surface area contributed by atoms with E-state index in [1.807, 2.05) is 13.0 Å². The van der Waals surface area contributed by atoms with E-state index in [1.165, 1.54) is 6.20 Å². The summed E-state index contributed by atoms with van der Waals surface area (Å²) in [7, 11) is 0. The molecule has 1 aliphatic heterocycles. The van der Waals surface area contributed by atoms with Crippen LogP contribution in [0.2, 0.25) is 0 Å². The zero-order valence-corrected chi connectivity index (χ0v) is 11.1. The fourth-order valence-electron chi connectivity index (χ4n) is 2.52. The molecular formula is C13H14N6O. The van der Waals surface area contributed by atoms with Gasteiger partial charge in [-0.1, -0.05) is 0 Å². The molecule has 1 unspecified atom stereocenters. The highest BCUT2D eigenvalue weighted by atomic mass is 16.2. The van der Waals surface area contributed by atoms with Crippen LogP contribution >= 0.6 is 0 Å². The lowest BCUT2D eigenvalue weighted by atomic mass is 10.1. The topological polar surface area (TPSA) is 100 Å². The van der Waals surface area contributed by atoms with Gasteiger partial charge in [-0.15, -0.1) is 0 Å². The molecule has 0 saturated carbocycles. The number of fused-ring (bicyclic) bond motifs is 1. The average Bonchev–Trinajstić information content (AvgIpc) is 2.99. The van der Waals surface area contributed by atoms with Gasteiger partial charge in [-0.25, -0.2) is 4.98 Å². The van der Waals surface area contributed by atoms with Crippen molar-refractivity contribution >= 4 is 17.4 Å². The third-order valence-electron chi connectivity index (χ3n) is 3.49. The number of aryl methyl sites for hydroxylation is 1. The van der Waals surface area contributed by atoms with Gasteiger partial charge in [0.25, 0.3) is 0 Å². The quantitative estimate of drug-likeness (QED) is 0.841. The molecule has 20 heavy (non-hydrogen) atoms. The maximum absolute atomic E-state index is 12.2. The Morgan fingerprint density at radius 2 is 2.40 bits per heavy atom. The third-order valence-corrected chi connectivity index (χ3v) is 3.49. The number of rotatable bonds is 2. The molecule has 1 fully saturated rings. The standard InChI is InChI=1S/C13H14N6O/c1-8-2-11-16-6-10(5-15)13(19(11)17-8)18-7-9(4-14)3-12(18)20/h2,6,9H,3-4,7,14H2,1H3. The summed E-state index contributed by atoms with van der Waals surface area (Å²) in [5.41, 5.74) is 7.40. The number of anilines is 1. The van der Waals surface area contributed by atoms with Gasteiger partial charge in [0.05, 0.1) is 11.9 Å². The van der Waals surface area contributed by atoms with Crippen molar-refractivity contribution in [2.75, 3.05) is 18.0 Å². The van der Waals surface area contributed by atoms with Crippen LogP contribution in [0.15, 0.2) is 12.3 Å². The number of hydrogen-bond acceptors (Lipinski definition) is 5. The number of aromatic nitrogens is 3. The summed E-state index contributed by atoms with van der Waals surface area (Å²) in [4.78, 5) is 17.9.